The van der Waals surface area contributed by atoms with Gasteiger partial charge in [0.25, 0.3) is 0 Å². The van der Waals surface area contributed by atoms with Crippen molar-refractivity contribution >= 4 is 17.7 Å². The molecule has 1 unspecified atom stereocenters. The van der Waals surface area contributed by atoms with E-state index in [1.807, 2.05) is 0 Å². The van der Waals surface area contributed by atoms with Gasteiger partial charge in [-0.1, -0.05) is 0 Å². The second kappa shape index (κ2) is 7.10. The fourth-order valence-electron chi connectivity index (χ4n) is 1.14. The smallest absolute Gasteiger partial charge is 0.330 e. The van der Waals surface area contributed by atoms with Gasteiger partial charge in [0.2, 0.25) is 0 Å². The van der Waals surface area contributed by atoms with Gasteiger partial charge in [0, 0.05) is 6.42 Å². The number of carbonyl (C=O) groups is 3. The Hall–Kier alpha value is -1.43. The third-order valence-corrected chi connectivity index (χ3v) is 1.88. The van der Waals surface area contributed by atoms with Crippen molar-refractivity contribution in [3.05, 3.63) is 0 Å². The lowest BCUT2D eigenvalue weighted by Gasteiger charge is -2.19. The Morgan fingerprint density at radius 1 is 1.17 bits per heavy atom. The van der Waals surface area contributed by atoms with Crippen molar-refractivity contribution in [2.45, 2.75) is 52.2 Å². The molecule has 0 aromatic heterocycles. The van der Waals surface area contributed by atoms with Gasteiger partial charge in [-0.3, -0.25) is 9.59 Å². The Morgan fingerprint density at radius 2 is 1.72 bits per heavy atom. The molecule has 1 atom stereocenters. The molecule has 0 rings (SSSR count). The van der Waals surface area contributed by atoms with Crippen LogP contribution in [0.15, 0.2) is 0 Å². The Bertz CT molecular complexity index is 319. The molecule has 6 nitrogen and oxygen atoms in total. The Kier molecular flexibility index (Phi) is 6.54. The average Bonchev–Trinajstić information content (AvgIpc) is 2.22. The first kappa shape index (κ1) is 16.6. The van der Waals surface area contributed by atoms with Crippen LogP contribution in [0.4, 0.5) is 0 Å². The fourth-order valence-corrected chi connectivity index (χ4v) is 1.14. The van der Waals surface area contributed by atoms with Gasteiger partial charge in [0.15, 0.2) is 11.8 Å². The lowest BCUT2D eigenvalue weighted by atomic mass is 10.1. The molecular formula is C12H21NO5. The number of esters is 2. The van der Waals surface area contributed by atoms with E-state index >= 15 is 0 Å². The van der Waals surface area contributed by atoms with Crippen LogP contribution < -0.4 is 5.73 Å². The van der Waals surface area contributed by atoms with Gasteiger partial charge in [-0.2, -0.15) is 0 Å². The lowest BCUT2D eigenvalue weighted by molar-refractivity contribution is -0.156. The van der Waals surface area contributed by atoms with Gasteiger partial charge >= 0.3 is 11.9 Å². The van der Waals surface area contributed by atoms with Crippen molar-refractivity contribution in [1.29, 1.82) is 0 Å². The molecule has 0 spiro atoms. The van der Waals surface area contributed by atoms with Crippen LogP contribution in [0.25, 0.3) is 0 Å². The van der Waals surface area contributed by atoms with E-state index < -0.39 is 29.4 Å². The van der Waals surface area contributed by atoms with Gasteiger partial charge in [0.05, 0.1) is 13.0 Å². The van der Waals surface area contributed by atoms with Gasteiger partial charge < -0.3 is 15.2 Å². The number of carbonyl (C=O) groups excluding carboxylic acids is 3. The van der Waals surface area contributed by atoms with Crippen molar-refractivity contribution in [1.82, 2.24) is 0 Å². The first-order valence-electron chi connectivity index (χ1n) is 5.84. The van der Waals surface area contributed by atoms with E-state index in [9.17, 15) is 14.4 Å². The molecule has 0 aliphatic carbocycles. The Labute approximate surface area is 107 Å². The minimum Gasteiger partial charge on any atom is -0.464 e. The van der Waals surface area contributed by atoms with Crippen LogP contribution in [-0.2, 0) is 23.9 Å². The van der Waals surface area contributed by atoms with E-state index in [2.05, 4.69) is 4.74 Å². The van der Waals surface area contributed by atoms with Crippen molar-refractivity contribution in [3.8, 4) is 0 Å². The molecule has 0 aromatic rings. The zero-order valence-electron chi connectivity index (χ0n) is 11.3. The van der Waals surface area contributed by atoms with Crippen LogP contribution in [0, 0.1) is 0 Å². The highest BCUT2D eigenvalue weighted by atomic mass is 16.6. The van der Waals surface area contributed by atoms with Gasteiger partial charge in [-0.15, -0.1) is 0 Å². The van der Waals surface area contributed by atoms with Crippen LogP contribution >= 0.6 is 0 Å². The molecule has 6 heteroatoms. The third-order valence-electron chi connectivity index (χ3n) is 1.88. The number of nitrogens with two attached hydrogens (primary N) is 1. The monoisotopic (exact) mass is 259 g/mol. The summed E-state index contributed by atoms with van der Waals surface area (Å²) in [6.07, 6.45) is -0.224. The predicted molar refractivity (Wildman–Crippen MR) is 64.7 cm³/mol. The summed E-state index contributed by atoms with van der Waals surface area (Å²) in [7, 11) is 0. The molecule has 0 heterocycles. The highest BCUT2D eigenvalue weighted by molar-refractivity contribution is 6.03. The average molecular weight is 259 g/mol. The maximum atomic E-state index is 11.5. The summed E-state index contributed by atoms with van der Waals surface area (Å²) in [5.41, 5.74) is 4.79. The molecule has 2 N–H and O–H groups in total. The lowest BCUT2D eigenvalue weighted by Crippen LogP contribution is -2.40. The van der Waals surface area contributed by atoms with E-state index in [1.54, 1.807) is 27.7 Å². The quantitative estimate of drug-likeness (QED) is 0.553. The van der Waals surface area contributed by atoms with Crippen molar-refractivity contribution in [2.75, 3.05) is 6.61 Å². The summed E-state index contributed by atoms with van der Waals surface area (Å²) in [5.74, 6) is -1.79. The molecule has 0 fully saturated rings. The largest absolute Gasteiger partial charge is 0.464 e. The van der Waals surface area contributed by atoms with Gasteiger partial charge in [0.1, 0.15) is 5.60 Å². The second-order valence-electron chi connectivity index (χ2n) is 4.78. The molecule has 0 amide bonds. The Balaban J connectivity index is 4.11. The van der Waals surface area contributed by atoms with Crippen molar-refractivity contribution < 1.29 is 23.9 Å². The maximum absolute atomic E-state index is 11.5. The normalized spacial score (nSPS) is 12.7. The molecule has 0 aliphatic rings. The van der Waals surface area contributed by atoms with Crippen LogP contribution in [0.1, 0.15) is 40.5 Å². The molecule has 0 saturated carbocycles. The van der Waals surface area contributed by atoms with E-state index in [0.29, 0.717) is 0 Å². The number of hydrogen-bond acceptors (Lipinski definition) is 6. The van der Waals surface area contributed by atoms with E-state index in [1.165, 1.54) is 0 Å². The maximum Gasteiger partial charge on any atom is 0.330 e. The summed E-state index contributed by atoms with van der Waals surface area (Å²) in [6.45, 7) is 6.98. The van der Waals surface area contributed by atoms with Gasteiger partial charge in [-0.25, -0.2) is 4.79 Å². The summed E-state index contributed by atoms with van der Waals surface area (Å²) in [5, 5.41) is 0. The fraction of sp³-hybridized carbons (Fsp3) is 0.750. The molecule has 0 radical (unpaired) electrons. The molecule has 0 saturated heterocycles. The van der Waals surface area contributed by atoms with Crippen molar-refractivity contribution in [2.24, 2.45) is 5.73 Å². The SMILES string of the molecule is CCOC(=O)C(N)C(=O)CCC(=O)OC(C)(C)C. The first-order chi connectivity index (χ1) is 8.17. The highest BCUT2D eigenvalue weighted by Gasteiger charge is 2.24. The van der Waals surface area contributed by atoms with E-state index in [0.717, 1.165) is 0 Å². The van der Waals surface area contributed by atoms with Gasteiger partial charge in [-0.05, 0) is 27.7 Å². The number of Topliss-reactive ketones (excluding diaryl/α,β-unsaturated/α-hetero) is 1. The number of ether oxygens (including phenoxy) is 2. The summed E-state index contributed by atoms with van der Waals surface area (Å²) < 4.78 is 9.64. The van der Waals surface area contributed by atoms with Crippen LogP contribution in [-0.4, -0.2) is 36.0 Å². The minimum atomic E-state index is -1.33. The zero-order valence-corrected chi connectivity index (χ0v) is 11.3. The summed E-state index contributed by atoms with van der Waals surface area (Å²) in [4.78, 5) is 34.0. The van der Waals surface area contributed by atoms with Crippen LogP contribution in [0.5, 0.6) is 0 Å². The highest BCUT2D eigenvalue weighted by Crippen LogP contribution is 2.09. The molecular weight excluding hydrogens is 238 g/mol. The number of ketones is 1. The molecule has 104 valence electrons. The standard InChI is InChI=1S/C12H21NO5/c1-5-17-11(16)10(13)8(14)6-7-9(15)18-12(2,3)4/h10H,5-7,13H2,1-4H3. The molecule has 0 aliphatic heterocycles. The summed E-state index contributed by atoms with van der Waals surface area (Å²) >= 11 is 0. The van der Waals surface area contributed by atoms with Crippen molar-refractivity contribution in [3.63, 3.8) is 0 Å². The molecule has 18 heavy (non-hydrogen) atoms. The predicted octanol–water partition coefficient (Wildman–Crippen LogP) is 0.568. The topological polar surface area (TPSA) is 95.7 Å². The zero-order chi connectivity index (χ0) is 14.3. The number of rotatable bonds is 6. The molecule has 0 bridgehead atoms. The second-order valence-corrected chi connectivity index (χ2v) is 4.78. The van der Waals surface area contributed by atoms with E-state index in [-0.39, 0.29) is 19.4 Å². The first-order valence-corrected chi connectivity index (χ1v) is 5.84. The van der Waals surface area contributed by atoms with Crippen LogP contribution in [0.3, 0.4) is 0 Å². The third kappa shape index (κ3) is 7.01. The van der Waals surface area contributed by atoms with E-state index in [4.69, 9.17) is 10.5 Å². The Morgan fingerprint density at radius 3 is 2.17 bits per heavy atom. The summed E-state index contributed by atoms with van der Waals surface area (Å²) in [6, 6.07) is -1.33. The minimum absolute atomic E-state index is 0.0940. The molecule has 0 aromatic carbocycles. The van der Waals surface area contributed by atoms with Crippen LogP contribution in [0.2, 0.25) is 0 Å². The number of hydrogen-bond donors (Lipinski definition) is 1.